The van der Waals surface area contributed by atoms with Gasteiger partial charge < -0.3 is 9.47 Å². The van der Waals surface area contributed by atoms with E-state index in [0.717, 1.165) is 0 Å². The summed E-state index contributed by atoms with van der Waals surface area (Å²) < 4.78 is 10.2. The molecular weight excluding hydrogens is 182 g/mol. The van der Waals surface area contributed by atoms with Crippen LogP contribution in [0.1, 0.15) is 22.8 Å². The lowest BCUT2D eigenvalue weighted by molar-refractivity contribution is 0.101. The normalized spacial score (nSPS) is 12.3. The van der Waals surface area contributed by atoms with E-state index in [2.05, 4.69) is 0 Å². The lowest BCUT2D eigenvalue weighted by Crippen LogP contribution is -1.98. The van der Waals surface area contributed by atoms with Crippen molar-refractivity contribution in [2.24, 2.45) is 0 Å². The zero-order valence-corrected chi connectivity index (χ0v) is 7.53. The Labute approximate surface area is 80.7 Å². The van der Waals surface area contributed by atoms with Gasteiger partial charge in [0.15, 0.2) is 17.3 Å². The number of Topliss-reactive ketones (excluding diaryl/α,β-unsaturated/α-hetero) is 1. The van der Waals surface area contributed by atoms with E-state index in [0.29, 0.717) is 17.1 Å². The molecule has 0 unspecified atom stereocenters. The van der Waals surface area contributed by atoms with Crippen LogP contribution in [0.4, 0.5) is 0 Å². The van der Waals surface area contributed by atoms with Crippen LogP contribution in [0.3, 0.4) is 0 Å². The highest BCUT2D eigenvalue weighted by molar-refractivity contribution is 5.97. The number of hydrogen-bond donors (Lipinski definition) is 0. The summed E-state index contributed by atoms with van der Waals surface area (Å²) in [7, 11) is 0. The SMILES string of the molecule is CC(=O)c1ccc2c(c1C#N)OCO2. The number of benzene rings is 1. The predicted octanol–water partition coefficient (Wildman–Crippen LogP) is 1.49. The first-order valence-electron chi connectivity index (χ1n) is 4.07. The van der Waals surface area contributed by atoms with E-state index in [1.54, 1.807) is 12.1 Å². The maximum absolute atomic E-state index is 11.2. The van der Waals surface area contributed by atoms with Gasteiger partial charge in [-0.05, 0) is 19.1 Å². The van der Waals surface area contributed by atoms with Crippen molar-refractivity contribution in [1.82, 2.24) is 0 Å². The number of carbonyl (C=O) groups is 1. The molecule has 0 fully saturated rings. The van der Waals surface area contributed by atoms with Crippen molar-refractivity contribution in [3.05, 3.63) is 23.3 Å². The summed E-state index contributed by atoms with van der Waals surface area (Å²) in [5, 5.41) is 8.89. The van der Waals surface area contributed by atoms with Crippen molar-refractivity contribution in [3.63, 3.8) is 0 Å². The van der Waals surface area contributed by atoms with E-state index in [1.807, 2.05) is 6.07 Å². The van der Waals surface area contributed by atoms with E-state index in [9.17, 15) is 4.79 Å². The second-order valence-corrected chi connectivity index (χ2v) is 2.89. The Morgan fingerprint density at radius 3 is 2.93 bits per heavy atom. The van der Waals surface area contributed by atoms with E-state index in [-0.39, 0.29) is 18.1 Å². The van der Waals surface area contributed by atoms with Gasteiger partial charge in [-0.1, -0.05) is 0 Å². The summed E-state index contributed by atoms with van der Waals surface area (Å²) in [5.74, 6) is 0.742. The molecule has 4 heteroatoms. The summed E-state index contributed by atoms with van der Waals surface area (Å²) in [6, 6.07) is 5.17. The first-order chi connectivity index (χ1) is 6.74. The molecule has 0 aliphatic carbocycles. The summed E-state index contributed by atoms with van der Waals surface area (Å²) in [6.45, 7) is 1.52. The average Bonchev–Trinajstić information content (AvgIpc) is 2.63. The summed E-state index contributed by atoms with van der Waals surface area (Å²) >= 11 is 0. The molecule has 1 aromatic rings. The van der Waals surface area contributed by atoms with Gasteiger partial charge in [0.05, 0.1) is 0 Å². The fourth-order valence-electron chi connectivity index (χ4n) is 1.38. The van der Waals surface area contributed by atoms with E-state index in [4.69, 9.17) is 14.7 Å². The van der Waals surface area contributed by atoms with Crippen LogP contribution in [-0.2, 0) is 0 Å². The molecule has 0 atom stereocenters. The largest absolute Gasteiger partial charge is 0.454 e. The Kier molecular flexibility index (Phi) is 1.86. The van der Waals surface area contributed by atoms with Crippen LogP contribution in [0.25, 0.3) is 0 Å². The van der Waals surface area contributed by atoms with Gasteiger partial charge in [0.1, 0.15) is 11.6 Å². The van der Waals surface area contributed by atoms with Crippen molar-refractivity contribution >= 4 is 5.78 Å². The molecule has 1 aromatic carbocycles. The molecule has 0 amide bonds. The lowest BCUT2D eigenvalue weighted by Gasteiger charge is -2.02. The third-order valence-corrected chi connectivity index (χ3v) is 2.03. The smallest absolute Gasteiger partial charge is 0.231 e. The molecule has 4 nitrogen and oxygen atoms in total. The summed E-state index contributed by atoms with van der Waals surface area (Å²) in [4.78, 5) is 11.2. The van der Waals surface area contributed by atoms with Gasteiger partial charge in [0.25, 0.3) is 0 Å². The molecule has 0 N–H and O–H groups in total. The number of ketones is 1. The van der Waals surface area contributed by atoms with Crippen LogP contribution in [0.5, 0.6) is 11.5 Å². The molecule has 2 rings (SSSR count). The quantitative estimate of drug-likeness (QED) is 0.628. The zero-order valence-electron chi connectivity index (χ0n) is 7.53. The van der Waals surface area contributed by atoms with Gasteiger partial charge in [-0.2, -0.15) is 5.26 Å². The molecule has 0 bridgehead atoms. The Morgan fingerprint density at radius 2 is 2.29 bits per heavy atom. The fourth-order valence-corrected chi connectivity index (χ4v) is 1.38. The first kappa shape index (κ1) is 8.57. The second-order valence-electron chi connectivity index (χ2n) is 2.89. The van der Waals surface area contributed by atoms with E-state index >= 15 is 0 Å². The Balaban J connectivity index is 2.67. The molecule has 0 saturated heterocycles. The van der Waals surface area contributed by atoms with Gasteiger partial charge in [0, 0.05) is 5.56 Å². The summed E-state index contributed by atoms with van der Waals surface area (Å²) in [5.41, 5.74) is 0.629. The molecule has 1 heterocycles. The molecule has 1 aliphatic heterocycles. The number of nitrogens with zero attached hydrogens (tertiary/aromatic N) is 1. The maximum atomic E-state index is 11.2. The first-order valence-corrected chi connectivity index (χ1v) is 4.07. The monoisotopic (exact) mass is 189 g/mol. The van der Waals surface area contributed by atoms with E-state index in [1.165, 1.54) is 6.92 Å². The zero-order chi connectivity index (χ0) is 10.1. The Hall–Kier alpha value is -2.02. The summed E-state index contributed by atoms with van der Waals surface area (Å²) in [6.07, 6.45) is 0. The molecule has 0 spiro atoms. The third kappa shape index (κ3) is 1.11. The van der Waals surface area contributed by atoms with Crippen molar-refractivity contribution in [2.45, 2.75) is 6.92 Å². The van der Waals surface area contributed by atoms with E-state index < -0.39 is 0 Å². The second kappa shape index (κ2) is 3.04. The number of rotatable bonds is 1. The van der Waals surface area contributed by atoms with Crippen LogP contribution in [0, 0.1) is 11.3 Å². The Bertz CT molecular complexity index is 445. The van der Waals surface area contributed by atoms with Crippen molar-refractivity contribution in [2.75, 3.05) is 6.79 Å². The maximum Gasteiger partial charge on any atom is 0.231 e. The standard InChI is InChI=1S/C10H7NO3/c1-6(12)7-2-3-9-10(8(7)4-11)14-5-13-9/h2-3H,5H2,1H3. The molecule has 14 heavy (non-hydrogen) atoms. The Morgan fingerprint density at radius 1 is 1.50 bits per heavy atom. The van der Waals surface area contributed by atoms with Crippen LogP contribution in [0.15, 0.2) is 12.1 Å². The average molecular weight is 189 g/mol. The molecule has 1 aliphatic rings. The van der Waals surface area contributed by atoms with Gasteiger partial charge in [-0.25, -0.2) is 0 Å². The lowest BCUT2D eigenvalue weighted by atomic mass is 10.0. The van der Waals surface area contributed by atoms with Crippen molar-refractivity contribution < 1.29 is 14.3 Å². The molecular formula is C10H7NO3. The number of fused-ring (bicyclic) bond motifs is 1. The molecule has 0 aromatic heterocycles. The predicted molar refractivity (Wildman–Crippen MR) is 47.3 cm³/mol. The minimum atomic E-state index is -0.153. The fraction of sp³-hybridized carbons (Fsp3) is 0.200. The van der Waals surface area contributed by atoms with Crippen molar-refractivity contribution in [3.8, 4) is 17.6 Å². The van der Waals surface area contributed by atoms with Crippen LogP contribution < -0.4 is 9.47 Å². The minimum Gasteiger partial charge on any atom is -0.454 e. The highest BCUT2D eigenvalue weighted by atomic mass is 16.7. The van der Waals surface area contributed by atoms with Gasteiger partial charge >= 0.3 is 0 Å². The molecule has 0 radical (unpaired) electrons. The van der Waals surface area contributed by atoms with Crippen molar-refractivity contribution in [1.29, 1.82) is 5.26 Å². The molecule has 70 valence electrons. The van der Waals surface area contributed by atoms with Gasteiger partial charge in [-0.15, -0.1) is 0 Å². The third-order valence-electron chi connectivity index (χ3n) is 2.03. The number of nitriles is 1. The van der Waals surface area contributed by atoms with Crippen LogP contribution >= 0.6 is 0 Å². The van der Waals surface area contributed by atoms with Gasteiger partial charge in [0.2, 0.25) is 6.79 Å². The number of ether oxygens (including phenoxy) is 2. The van der Waals surface area contributed by atoms with Gasteiger partial charge in [-0.3, -0.25) is 4.79 Å². The number of carbonyl (C=O) groups excluding carboxylic acids is 1. The topological polar surface area (TPSA) is 59.3 Å². The highest BCUT2D eigenvalue weighted by Crippen LogP contribution is 2.37. The van der Waals surface area contributed by atoms with Crippen LogP contribution in [0.2, 0.25) is 0 Å². The molecule has 0 saturated carbocycles. The number of hydrogen-bond acceptors (Lipinski definition) is 4. The minimum absolute atomic E-state index is 0.103. The van der Waals surface area contributed by atoms with Crippen LogP contribution in [-0.4, -0.2) is 12.6 Å². The highest BCUT2D eigenvalue weighted by Gasteiger charge is 2.22.